The molecule has 0 aromatic heterocycles. The highest BCUT2D eigenvalue weighted by Gasteiger charge is 2.32. The Morgan fingerprint density at radius 1 is 0.889 bits per heavy atom. The number of hydrogen-bond donors (Lipinski definition) is 0. The minimum Gasteiger partial charge on any atom is -0.496 e. The molecule has 1 atom stereocenters. The van der Waals surface area contributed by atoms with Crippen molar-refractivity contribution in [3.63, 3.8) is 0 Å². The van der Waals surface area contributed by atoms with Crippen molar-refractivity contribution in [3.8, 4) is 11.5 Å². The van der Waals surface area contributed by atoms with Crippen LogP contribution in [0.2, 0.25) is 0 Å². The highest BCUT2D eigenvalue weighted by Crippen LogP contribution is 2.32. The second-order valence-corrected chi connectivity index (χ2v) is 6.27. The largest absolute Gasteiger partial charge is 0.496 e. The van der Waals surface area contributed by atoms with Gasteiger partial charge >= 0.3 is 5.97 Å². The van der Waals surface area contributed by atoms with Gasteiger partial charge in [-0.3, -0.25) is 4.79 Å². The summed E-state index contributed by atoms with van der Waals surface area (Å²) in [7, 11) is 2.94. The molecule has 2 aromatic rings. The Hall–Kier alpha value is -3.02. The molecular formula is C21H23NO5. The lowest BCUT2D eigenvalue weighted by molar-refractivity contribution is -0.140. The molecule has 6 heteroatoms. The van der Waals surface area contributed by atoms with Crippen LogP contribution in [0.15, 0.2) is 48.5 Å². The molecule has 142 valence electrons. The Labute approximate surface area is 158 Å². The van der Waals surface area contributed by atoms with Crippen LogP contribution in [-0.4, -0.2) is 44.1 Å². The van der Waals surface area contributed by atoms with Crippen molar-refractivity contribution in [1.82, 2.24) is 4.90 Å². The summed E-state index contributed by atoms with van der Waals surface area (Å²) in [5, 5.41) is 0. The van der Waals surface area contributed by atoms with Gasteiger partial charge in [-0.05, 0) is 25.0 Å². The minimum absolute atomic E-state index is 0.164. The van der Waals surface area contributed by atoms with E-state index in [4.69, 9.17) is 14.2 Å². The summed E-state index contributed by atoms with van der Waals surface area (Å²) in [4.78, 5) is 27.7. The van der Waals surface area contributed by atoms with Crippen molar-refractivity contribution >= 4 is 11.9 Å². The molecule has 0 spiro atoms. The zero-order valence-electron chi connectivity index (χ0n) is 15.5. The van der Waals surface area contributed by atoms with Crippen LogP contribution in [0.5, 0.6) is 11.5 Å². The maximum absolute atomic E-state index is 13.0. The van der Waals surface area contributed by atoms with Gasteiger partial charge in [-0.2, -0.15) is 0 Å². The van der Waals surface area contributed by atoms with E-state index in [0.717, 1.165) is 12.8 Å². The zero-order chi connectivity index (χ0) is 19.2. The van der Waals surface area contributed by atoms with E-state index in [0.29, 0.717) is 30.2 Å². The molecule has 1 fully saturated rings. The van der Waals surface area contributed by atoms with Gasteiger partial charge in [-0.15, -0.1) is 0 Å². The molecule has 0 N–H and O–H groups in total. The number of likely N-dealkylation sites (tertiary alicyclic amines) is 1. The van der Waals surface area contributed by atoms with E-state index in [2.05, 4.69) is 0 Å². The minimum atomic E-state index is -1.01. The molecule has 1 heterocycles. The standard InChI is InChI=1S/C21H23NO5/c1-25-16-11-8-12-17(26-2)18(16)21(24)27-19(15-9-4-3-5-10-15)20(23)22-13-6-7-14-22/h3-5,8-12,19H,6-7,13-14H2,1-2H3/t19-/m1/s1. The third-order valence-electron chi connectivity index (χ3n) is 4.60. The predicted octanol–water partition coefficient (Wildman–Crippen LogP) is 3.22. The summed E-state index contributed by atoms with van der Waals surface area (Å²) in [5.41, 5.74) is 0.800. The van der Waals surface area contributed by atoms with Crippen molar-refractivity contribution in [3.05, 3.63) is 59.7 Å². The predicted molar refractivity (Wildman–Crippen MR) is 100.0 cm³/mol. The molecule has 1 aliphatic rings. The van der Waals surface area contributed by atoms with Crippen molar-refractivity contribution in [2.45, 2.75) is 18.9 Å². The number of ether oxygens (including phenoxy) is 3. The van der Waals surface area contributed by atoms with Gasteiger partial charge in [-0.1, -0.05) is 36.4 Å². The van der Waals surface area contributed by atoms with E-state index >= 15 is 0 Å². The van der Waals surface area contributed by atoms with E-state index < -0.39 is 12.1 Å². The first-order chi connectivity index (χ1) is 13.2. The molecule has 0 unspecified atom stereocenters. The molecule has 0 saturated carbocycles. The number of benzene rings is 2. The summed E-state index contributed by atoms with van der Waals surface area (Å²) in [6, 6.07) is 14.1. The van der Waals surface area contributed by atoms with E-state index in [1.165, 1.54) is 14.2 Å². The molecule has 27 heavy (non-hydrogen) atoms. The highest BCUT2D eigenvalue weighted by atomic mass is 16.6. The average Bonchev–Trinajstić information content (AvgIpc) is 3.26. The van der Waals surface area contributed by atoms with Gasteiger partial charge in [0.25, 0.3) is 5.91 Å². The second-order valence-electron chi connectivity index (χ2n) is 6.27. The Bertz CT molecular complexity index is 777. The Kier molecular flexibility index (Phi) is 5.96. The smallest absolute Gasteiger partial charge is 0.346 e. The van der Waals surface area contributed by atoms with Crippen LogP contribution in [0.25, 0.3) is 0 Å². The Morgan fingerprint density at radius 3 is 2.04 bits per heavy atom. The average molecular weight is 369 g/mol. The summed E-state index contributed by atoms with van der Waals surface area (Å²) in [6.45, 7) is 1.36. The first kappa shape index (κ1) is 18.8. The van der Waals surface area contributed by atoms with Crippen molar-refractivity contribution in [1.29, 1.82) is 0 Å². The van der Waals surface area contributed by atoms with Crippen LogP contribution in [0.4, 0.5) is 0 Å². The molecule has 1 saturated heterocycles. The third-order valence-corrected chi connectivity index (χ3v) is 4.60. The summed E-state index contributed by atoms with van der Waals surface area (Å²) in [6.07, 6.45) is 0.912. The molecule has 1 aliphatic heterocycles. The fourth-order valence-corrected chi connectivity index (χ4v) is 3.21. The Morgan fingerprint density at radius 2 is 1.48 bits per heavy atom. The number of nitrogens with zero attached hydrogens (tertiary/aromatic N) is 1. The number of methoxy groups -OCH3 is 2. The van der Waals surface area contributed by atoms with Gasteiger partial charge < -0.3 is 19.1 Å². The molecule has 1 amide bonds. The quantitative estimate of drug-likeness (QED) is 0.732. The van der Waals surface area contributed by atoms with E-state index in [-0.39, 0.29) is 11.5 Å². The normalized spacial score (nSPS) is 14.5. The molecule has 3 rings (SSSR count). The fraction of sp³-hybridized carbons (Fsp3) is 0.333. The molecule has 6 nitrogen and oxygen atoms in total. The van der Waals surface area contributed by atoms with Crippen LogP contribution in [0, 0.1) is 0 Å². The summed E-state index contributed by atoms with van der Waals surface area (Å²) >= 11 is 0. The molecule has 0 bridgehead atoms. The van der Waals surface area contributed by atoms with Crippen molar-refractivity contribution in [2.24, 2.45) is 0 Å². The fourth-order valence-electron chi connectivity index (χ4n) is 3.21. The van der Waals surface area contributed by atoms with E-state index in [9.17, 15) is 9.59 Å². The third kappa shape index (κ3) is 4.05. The van der Waals surface area contributed by atoms with Gasteiger partial charge in [0.1, 0.15) is 17.1 Å². The zero-order valence-corrected chi connectivity index (χ0v) is 15.5. The monoisotopic (exact) mass is 369 g/mol. The highest BCUT2D eigenvalue weighted by molar-refractivity contribution is 5.97. The lowest BCUT2D eigenvalue weighted by atomic mass is 10.1. The molecule has 0 aliphatic carbocycles. The van der Waals surface area contributed by atoms with Crippen molar-refractivity contribution < 1.29 is 23.8 Å². The SMILES string of the molecule is COc1cccc(OC)c1C(=O)O[C@@H](C(=O)N1CCCC1)c1ccccc1. The Balaban J connectivity index is 1.93. The van der Waals surface area contributed by atoms with Crippen LogP contribution in [0.1, 0.15) is 34.9 Å². The summed E-state index contributed by atoms with van der Waals surface area (Å²) < 4.78 is 16.3. The lowest BCUT2D eigenvalue weighted by Crippen LogP contribution is -2.35. The number of carbonyl (C=O) groups excluding carboxylic acids is 2. The van der Waals surface area contributed by atoms with Gasteiger partial charge in [-0.25, -0.2) is 4.79 Å². The van der Waals surface area contributed by atoms with Gasteiger partial charge in [0, 0.05) is 18.7 Å². The maximum Gasteiger partial charge on any atom is 0.346 e. The first-order valence-corrected chi connectivity index (χ1v) is 8.91. The lowest BCUT2D eigenvalue weighted by Gasteiger charge is -2.24. The van der Waals surface area contributed by atoms with E-state index in [1.807, 2.05) is 18.2 Å². The molecule has 0 radical (unpaired) electrons. The topological polar surface area (TPSA) is 65.1 Å². The van der Waals surface area contributed by atoms with E-state index in [1.54, 1.807) is 35.2 Å². The number of rotatable bonds is 6. The number of amides is 1. The van der Waals surface area contributed by atoms with Crippen LogP contribution in [0.3, 0.4) is 0 Å². The van der Waals surface area contributed by atoms with Crippen molar-refractivity contribution in [2.75, 3.05) is 27.3 Å². The van der Waals surface area contributed by atoms with Gasteiger partial charge in [0.15, 0.2) is 0 Å². The van der Waals surface area contributed by atoms with Gasteiger partial charge in [0.2, 0.25) is 6.10 Å². The van der Waals surface area contributed by atoms with Gasteiger partial charge in [0.05, 0.1) is 14.2 Å². The maximum atomic E-state index is 13.0. The van der Waals surface area contributed by atoms with Crippen LogP contribution in [-0.2, 0) is 9.53 Å². The van der Waals surface area contributed by atoms with Crippen LogP contribution < -0.4 is 9.47 Å². The molecule has 2 aromatic carbocycles. The second kappa shape index (κ2) is 8.58. The number of carbonyl (C=O) groups is 2. The molecular weight excluding hydrogens is 346 g/mol. The first-order valence-electron chi connectivity index (χ1n) is 8.91. The number of hydrogen-bond acceptors (Lipinski definition) is 5. The van der Waals surface area contributed by atoms with Crippen LogP contribution >= 0.6 is 0 Å². The number of esters is 1. The summed E-state index contributed by atoms with van der Waals surface area (Å²) in [5.74, 6) is -0.203.